The van der Waals surface area contributed by atoms with Crippen molar-refractivity contribution in [3.63, 3.8) is 0 Å². The molecule has 2 aliphatic rings. The number of ether oxygens (including phenoxy) is 3. The summed E-state index contributed by atoms with van der Waals surface area (Å²) in [5.74, 6) is -0.712. The smallest absolute Gasteiger partial charge is 0.326 e. The zero-order chi connectivity index (χ0) is 37.5. The van der Waals surface area contributed by atoms with Crippen molar-refractivity contribution in [2.45, 2.75) is 76.6 Å². The highest BCUT2D eigenvalue weighted by atomic mass is 16.5. The topological polar surface area (TPSA) is 156 Å². The molecule has 4 aromatic rings. The number of carboxylic acid groups (broad SMARTS) is 1. The number of carboxylic acids is 1. The van der Waals surface area contributed by atoms with E-state index in [0.29, 0.717) is 40.3 Å². The lowest BCUT2D eigenvalue weighted by molar-refractivity contribution is -0.145. The SMILES string of the molecule is CCC(C)CC(=O)N[C@@H]1Cc2cccc(c2)OCCC[C@H](C(=O)O)NC(=O)[C@@H]2C[C@@H](Oc3cc(-c4ccccc4)nc4cc(OC)ccc34)CN2C1=O. The molecule has 0 aliphatic carbocycles. The van der Waals surface area contributed by atoms with E-state index < -0.39 is 42.0 Å². The Kier molecular flexibility index (Phi) is 11.8. The summed E-state index contributed by atoms with van der Waals surface area (Å²) in [6, 6.07) is 21.0. The van der Waals surface area contributed by atoms with Crippen molar-refractivity contribution in [1.82, 2.24) is 20.5 Å². The number of aliphatic carboxylic acids is 1. The van der Waals surface area contributed by atoms with Gasteiger partial charge >= 0.3 is 5.97 Å². The molecule has 1 saturated heterocycles. The van der Waals surface area contributed by atoms with Crippen LogP contribution in [0.25, 0.3) is 22.2 Å². The molecule has 0 spiro atoms. The van der Waals surface area contributed by atoms with Crippen molar-refractivity contribution in [2.75, 3.05) is 20.3 Å². The maximum Gasteiger partial charge on any atom is 0.326 e. The Morgan fingerprint density at radius 2 is 1.89 bits per heavy atom. The van der Waals surface area contributed by atoms with Gasteiger partial charge in [0.2, 0.25) is 17.7 Å². The number of nitrogens with one attached hydrogen (secondary N) is 2. The fourth-order valence-corrected chi connectivity index (χ4v) is 6.83. The number of nitrogens with zero attached hydrogens (tertiary/aromatic N) is 2. The van der Waals surface area contributed by atoms with Crippen LogP contribution in [0.4, 0.5) is 0 Å². The number of methoxy groups -OCH3 is 1. The van der Waals surface area contributed by atoms with Crippen LogP contribution in [-0.4, -0.2) is 83.2 Å². The van der Waals surface area contributed by atoms with E-state index >= 15 is 0 Å². The monoisotopic (exact) mass is 722 g/mol. The van der Waals surface area contributed by atoms with Gasteiger partial charge in [-0.15, -0.1) is 0 Å². The molecule has 1 aromatic heterocycles. The van der Waals surface area contributed by atoms with Gasteiger partial charge in [-0.3, -0.25) is 14.4 Å². The standard InChI is InChI=1S/C41H46N4O8/c1-4-25(2)18-38(46)43-35-20-26-10-8-13-29(19-26)52-17-9-14-32(41(49)50)44-39(47)36-22-30(24-45(36)40(35)48)53-37-23-33(27-11-6-5-7-12-27)42-34-21-28(51-3)15-16-31(34)37/h5-8,10-13,15-16,19,21,23,25,30,32,35-36H,4,9,14,17-18,20,22,24H2,1-3H3,(H,43,46)(H,44,47)(H,49,50)/t25?,30-,32-,35-,36+/m1/s1. The number of hydrogen-bond acceptors (Lipinski definition) is 8. The molecule has 278 valence electrons. The summed E-state index contributed by atoms with van der Waals surface area (Å²) in [4.78, 5) is 60.5. The number of rotatable bonds is 9. The zero-order valence-electron chi connectivity index (χ0n) is 30.2. The van der Waals surface area contributed by atoms with E-state index in [0.717, 1.165) is 17.5 Å². The second-order valence-corrected chi connectivity index (χ2v) is 13.8. The minimum atomic E-state index is -1.20. The van der Waals surface area contributed by atoms with Gasteiger partial charge in [0, 0.05) is 42.3 Å². The van der Waals surface area contributed by atoms with E-state index in [1.54, 1.807) is 13.2 Å². The third-order valence-corrected chi connectivity index (χ3v) is 9.91. The zero-order valence-corrected chi connectivity index (χ0v) is 30.2. The van der Waals surface area contributed by atoms with E-state index in [9.17, 15) is 24.3 Å². The van der Waals surface area contributed by atoms with Crippen LogP contribution in [0.15, 0.2) is 78.9 Å². The number of fused-ring (bicyclic) bond motifs is 4. The van der Waals surface area contributed by atoms with Crippen LogP contribution < -0.4 is 24.8 Å². The number of hydrogen-bond donors (Lipinski definition) is 3. The highest BCUT2D eigenvalue weighted by molar-refractivity contribution is 5.94. The molecule has 3 aromatic carbocycles. The summed E-state index contributed by atoms with van der Waals surface area (Å²) in [7, 11) is 1.58. The number of benzene rings is 3. The third-order valence-electron chi connectivity index (χ3n) is 9.91. The molecular weight excluding hydrogens is 676 g/mol. The Morgan fingerprint density at radius 1 is 1.08 bits per heavy atom. The van der Waals surface area contributed by atoms with Crippen molar-refractivity contribution in [2.24, 2.45) is 5.92 Å². The van der Waals surface area contributed by atoms with Crippen LogP contribution in [0.1, 0.15) is 51.5 Å². The molecule has 5 atom stereocenters. The lowest BCUT2D eigenvalue weighted by atomic mass is 10.0. The molecule has 1 fully saturated rings. The highest BCUT2D eigenvalue weighted by Crippen LogP contribution is 2.35. The molecule has 12 heteroatoms. The summed E-state index contributed by atoms with van der Waals surface area (Å²) in [6.45, 7) is 4.24. The normalized spacial score (nSPS) is 21.3. The highest BCUT2D eigenvalue weighted by Gasteiger charge is 2.44. The van der Waals surface area contributed by atoms with Gasteiger partial charge in [0.15, 0.2) is 0 Å². The average Bonchev–Trinajstić information content (AvgIpc) is 3.58. The van der Waals surface area contributed by atoms with Crippen molar-refractivity contribution >= 4 is 34.6 Å². The summed E-state index contributed by atoms with van der Waals surface area (Å²) < 4.78 is 18.0. The van der Waals surface area contributed by atoms with Gasteiger partial charge in [0.25, 0.3) is 0 Å². The van der Waals surface area contributed by atoms with Gasteiger partial charge < -0.3 is 34.9 Å². The Bertz CT molecular complexity index is 1950. The van der Waals surface area contributed by atoms with Crippen molar-refractivity contribution < 1.29 is 38.5 Å². The number of carbonyl (C=O) groups excluding carboxylic acids is 3. The van der Waals surface area contributed by atoms with Gasteiger partial charge in [-0.2, -0.15) is 0 Å². The minimum Gasteiger partial charge on any atom is -0.497 e. The molecule has 3 heterocycles. The molecule has 0 saturated carbocycles. The Morgan fingerprint density at radius 3 is 2.64 bits per heavy atom. The Hall–Kier alpha value is -5.65. The van der Waals surface area contributed by atoms with E-state index in [2.05, 4.69) is 10.6 Å². The number of amides is 3. The lowest BCUT2D eigenvalue weighted by Gasteiger charge is -2.29. The summed E-state index contributed by atoms with van der Waals surface area (Å²) in [5.41, 5.74) is 2.95. The van der Waals surface area contributed by atoms with Crippen LogP contribution in [0.2, 0.25) is 0 Å². The van der Waals surface area contributed by atoms with Crippen molar-refractivity contribution in [3.8, 4) is 28.5 Å². The summed E-state index contributed by atoms with van der Waals surface area (Å²) in [5, 5.41) is 16.4. The first-order chi connectivity index (χ1) is 25.6. The first-order valence-electron chi connectivity index (χ1n) is 18.2. The van der Waals surface area contributed by atoms with Crippen LogP contribution in [0.3, 0.4) is 0 Å². The molecular formula is C41H46N4O8. The largest absolute Gasteiger partial charge is 0.497 e. The second-order valence-electron chi connectivity index (χ2n) is 13.8. The van der Waals surface area contributed by atoms with Gasteiger partial charge in [-0.25, -0.2) is 9.78 Å². The lowest BCUT2D eigenvalue weighted by Crippen LogP contribution is -2.56. The van der Waals surface area contributed by atoms with E-state index in [1.807, 2.05) is 86.6 Å². The molecule has 1 unspecified atom stereocenters. The predicted octanol–water partition coefficient (Wildman–Crippen LogP) is 5.16. The van der Waals surface area contributed by atoms with Gasteiger partial charge in [-0.05, 0) is 48.6 Å². The van der Waals surface area contributed by atoms with Crippen LogP contribution in [0.5, 0.6) is 17.2 Å². The average molecular weight is 723 g/mol. The van der Waals surface area contributed by atoms with Gasteiger partial charge in [0.1, 0.15) is 41.5 Å². The predicted molar refractivity (Wildman–Crippen MR) is 199 cm³/mol. The molecule has 12 nitrogen and oxygen atoms in total. The van der Waals surface area contributed by atoms with Crippen LogP contribution in [0, 0.1) is 5.92 Å². The molecule has 2 aliphatic heterocycles. The van der Waals surface area contributed by atoms with E-state index in [1.165, 1.54) is 4.90 Å². The van der Waals surface area contributed by atoms with Crippen molar-refractivity contribution in [3.05, 3.63) is 84.4 Å². The van der Waals surface area contributed by atoms with Crippen LogP contribution >= 0.6 is 0 Å². The fourth-order valence-electron chi connectivity index (χ4n) is 6.83. The Labute approximate surface area is 308 Å². The summed E-state index contributed by atoms with van der Waals surface area (Å²) in [6.07, 6.45) is 1.14. The first-order valence-corrected chi connectivity index (χ1v) is 18.2. The van der Waals surface area contributed by atoms with E-state index in [4.69, 9.17) is 19.2 Å². The second kappa shape index (κ2) is 16.8. The third kappa shape index (κ3) is 9.05. The Balaban J connectivity index is 1.37. The maximum absolute atomic E-state index is 14.6. The quantitative estimate of drug-likeness (QED) is 0.212. The molecule has 0 radical (unpaired) electrons. The number of carbonyl (C=O) groups is 4. The van der Waals surface area contributed by atoms with E-state index in [-0.39, 0.29) is 50.7 Å². The fraction of sp³-hybridized carbons (Fsp3) is 0.390. The maximum atomic E-state index is 14.6. The van der Waals surface area contributed by atoms with Crippen molar-refractivity contribution in [1.29, 1.82) is 0 Å². The molecule has 2 bridgehead atoms. The molecule has 53 heavy (non-hydrogen) atoms. The minimum absolute atomic E-state index is 0.0240. The molecule has 6 rings (SSSR count). The van der Waals surface area contributed by atoms with Gasteiger partial charge in [-0.1, -0.05) is 62.7 Å². The first kappa shape index (κ1) is 37.1. The summed E-state index contributed by atoms with van der Waals surface area (Å²) >= 11 is 0. The molecule has 3 N–H and O–H groups in total. The van der Waals surface area contributed by atoms with Gasteiger partial charge in [0.05, 0.1) is 31.5 Å². The number of pyridine rings is 1. The van der Waals surface area contributed by atoms with Crippen LogP contribution in [-0.2, 0) is 25.6 Å². The number of aromatic nitrogens is 1. The molecule has 3 amide bonds.